The fourth-order valence-corrected chi connectivity index (χ4v) is 22.3. The molecular weight excluding hydrogens is 767 g/mol. The van der Waals surface area contributed by atoms with Crippen molar-refractivity contribution < 1.29 is 46.1 Å². The topological polar surface area (TPSA) is 0 Å². The van der Waals surface area contributed by atoms with Gasteiger partial charge in [0.2, 0.25) is 0 Å². The number of fused-ring (bicyclic) bond motifs is 5. The van der Waals surface area contributed by atoms with Gasteiger partial charge in [-0.2, -0.15) is 0 Å². The molecule has 1 atom stereocenters. The van der Waals surface area contributed by atoms with E-state index in [1.165, 1.54) is 55.6 Å². The SMILES string of the molecule is CC1=CC(C)(C)c2cc3c(cc21)-c1cc2c(cc1C3)C(C)(C)[C]([Zr+2]([C]1=C(C)C([Si](C)(C)C)=CC1C)=[C](c1ccccc1)c1ccccc1)=C2C.[Cl-].[Cl-]. The molecule has 4 aliphatic carbocycles. The van der Waals surface area contributed by atoms with Gasteiger partial charge < -0.3 is 24.8 Å². The van der Waals surface area contributed by atoms with Crippen LogP contribution in [0.3, 0.4) is 0 Å². The molecule has 0 N–H and O–H groups in total. The van der Waals surface area contributed by atoms with Gasteiger partial charge in [0.15, 0.2) is 0 Å². The van der Waals surface area contributed by atoms with Gasteiger partial charge in [-0.1, -0.05) is 0 Å². The molecule has 1 unspecified atom stereocenters. The van der Waals surface area contributed by atoms with Gasteiger partial charge in [-0.25, -0.2) is 0 Å². The van der Waals surface area contributed by atoms with E-state index in [0.717, 1.165) is 6.42 Å². The smallest absolute Gasteiger partial charge is 1.00 e. The zero-order chi connectivity index (χ0) is 35.5. The third kappa shape index (κ3) is 6.00. The van der Waals surface area contributed by atoms with Gasteiger partial charge in [-0.15, -0.1) is 0 Å². The Hall–Kier alpha value is -2.61. The quantitative estimate of drug-likeness (QED) is 0.176. The van der Waals surface area contributed by atoms with E-state index in [9.17, 15) is 0 Å². The molecule has 0 spiro atoms. The Morgan fingerprint density at radius 3 is 1.71 bits per heavy atom. The summed E-state index contributed by atoms with van der Waals surface area (Å²) in [6.07, 6.45) is 6.17. The van der Waals surface area contributed by atoms with Crippen LogP contribution in [0.25, 0.3) is 22.3 Å². The van der Waals surface area contributed by atoms with Crippen LogP contribution < -0.4 is 24.8 Å². The van der Waals surface area contributed by atoms with Gasteiger partial charge in [-0.05, 0) is 0 Å². The van der Waals surface area contributed by atoms with Crippen molar-refractivity contribution in [2.24, 2.45) is 5.92 Å². The van der Waals surface area contributed by atoms with Crippen LogP contribution in [-0.4, -0.2) is 11.3 Å². The van der Waals surface area contributed by atoms with Crippen LogP contribution in [0, 0.1) is 5.92 Å². The summed E-state index contributed by atoms with van der Waals surface area (Å²) in [4.78, 5) is 0. The summed E-state index contributed by atoms with van der Waals surface area (Å²) in [6.45, 7) is 27.2. The molecule has 4 heteroatoms. The number of hydrogen-bond acceptors (Lipinski definition) is 0. The van der Waals surface area contributed by atoms with E-state index in [-0.39, 0.29) is 35.6 Å². The Kier molecular flexibility index (Phi) is 10.2. The minimum absolute atomic E-state index is 0. The fourth-order valence-electron chi connectivity index (χ4n) is 10.1. The predicted octanol–water partition coefficient (Wildman–Crippen LogP) is 6.60. The first kappa shape index (κ1) is 39.1. The molecule has 8 rings (SSSR count). The van der Waals surface area contributed by atoms with Crippen molar-refractivity contribution in [3.8, 4) is 11.1 Å². The van der Waals surface area contributed by atoms with E-state index in [0.29, 0.717) is 5.92 Å². The van der Waals surface area contributed by atoms with Crippen molar-refractivity contribution in [1.82, 2.24) is 0 Å². The van der Waals surface area contributed by atoms with Gasteiger partial charge >= 0.3 is 312 Å². The average molecular weight is 819 g/mol. The molecule has 0 radical (unpaired) electrons. The number of halogens is 2. The first-order valence-corrected chi connectivity index (χ1v) is 25.8. The van der Waals surface area contributed by atoms with Gasteiger partial charge in [-0.3, -0.25) is 0 Å². The van der Waals surface area contributed by atoms with Gasteiger partial charge in [0.05, 0.1) is 0 Å². The van der Waals surface area contributed by atoms with Gasteiger partial charge in [0, 0.05) is 0 Å². The standard InChI is InChI=1S/C25H25.C13H10.C10H17Si.2ClH.Zr/c1-14-12-24(3,4)22-8-16-7-17-9-23-19(15(2)13-25(23,5)6)11-21(17)20(16)10-18(14)22;1-3-7-12(8-4-1)11-13-9-5-2-6-10-13;1-8-6-9(2)10(7-8)11(3,4)5;;;/h8-12H,7H2,1-6H3;1-10H;7-8H,1-5H3;2*1H;/q;;;;;+2/p-2. The predicted molar refractivity (Wildman–Crippen MR) is 216 cm³/mol. The first-order valence-electron chi connectivity index (χ1n) is 18.7. The Labute approximate surface area is 334 Å². The zero-order valence-electron chi connectivity index (χ0n) is 32.8. The number of allylic oxidation sites excluding steroid dienone is 8. The third-order valence-corrected chi connectivity index (χ3v) is 24.2. The van der Waals surface area contributed by atoms with E-state index < -0.39 is 29.3 Å². The number of rotatable bonds is 5. The number of benzene rings is 4. The Morgan fingerprint density at radius 1 is 0.673 bits per heavy atom. The van der Waals surface area contributed by atoms with E-state index in [2.05, 4.69) is 172 Å². The third-order valence-electron chi connectivity index (χ3n) is 12.3. The maximum Gasteiger partial charge on any atom is -1.00 e. The molecule has 266 valence electrons. The summed E-state index contributed by atoms with van der Waals surface area (Å²) in [5, 5.41) is 1.68. The molecule has 52 heavy (non-hydrogen) atoms. The maximum absolute atomic E-state index is 2.88. The summed E-state index contributed by atoms with van der Waals surface area (Å²) < 4.78 is 5.19. The first-order chi connectivity index (χ1) is 23.6. The molecular formula is C48H52Cl2SiZr. The van der Waals surface area contributed by atoms with Crippen LogP contribution in [0.1, 0.15) is 99.9 Å². The van der Waals surface area contributed by atoms with E-state index >= 15 is 0 Å². The van der Waals surface area contributed by atoms with E-state index in [1.54, 1.807) is 31.7 Å². The van der Waals surface area contributed by atoms with Crippen molar-refractivity contribution in [2.75, 3.05) is 0 Å². The van der Waals surface area contributed by atoms with Crippen molar-refractivity contribution in [3.63, 3.8) is 0 Å². The Bertz CT molecular complexity index is 2250. The van der Waals surface area contributed by atoms with Crippen LogP contribution in [-0.2, 0) is 38.5 Å². The maximum atomic E-state index is 2.68. The van der Waals surface area contributed by atoms with Crippen molar-refractivity contribution in [3.05, 3.63) is 159 Å². The molecule has 0 saturated heterocycles. The molecule has 0 fully saturated rings. The second kappa shape index (κ2) is 13.6. The van der Waals surface area contributed by atoms with Crippen LogP contribution >= 0.6 is 0 Å². The fraction of sp³-hybridized carbons (Fsp3) is 0.312. The second-order valence-electron chi connectivity index (χ2n) is 17.6. The Balaban J connectivity index is 0.00000232. The van der Waals surface area contributed by atoms with Crippen molar-refractivity contribution in [2.45, 2.75) is 92.3 Å². The summed E-state index contributed by atoms with van der Waals surface area (Å²) in [5.41, 5.74) is 19.4. The largest absolute Gasteiger partial charge is 1.00 e. The minimum atomic E-state index is -2.88. The zero-order valence-corrected chi connectivity index (χ0v) is 37.7. The molecule has 4 aliphatic rings. The van der Waals surface area contributed by atoms with Crippen LogP contribution in [0.15, 0.2) is 114 Å². The van der Waals surface area contributed by atoms with Crippen molar-refractivity contribution >= 4 is 22.4 Å². The molecule has 0 saturated carbocycles. The monoisotopic (exact) mass is 816 g/mol. The second-order valence-corrected chi connectivity index (χ2v) is 28.3. The molecule has 0 aromatic heterocycles. The summed E-state index contributed by atoms with van der Waals surface area (Å²) in [7, 11) is -1.53. The molecule has 0 nitrogen and oxygen atoms in total. The normalized spacial score (nSPS) is 18.7. The van der Waals surface area contributed by atoms with E-state index in [1.807, 2.05) is 0 Å². The summed E-state index contributed by atoms with van der Waals surface area (Å²) >= 11 is -2.88. The molecule has 4 aromatic rings. The molecule has 0 heterocycles. The van der Waals surface area contributed by atoms with Gasteiger partial charge in [0.1, 0.15) is 0 Å². The average Bonchev–Trinajstić information content (AvgIpc) is 3.70. The molecule has 0 aliphatic heterocycles. The minimum Gasteiger partial charge on any atom is -1.00 e. The molecule has 0 bridgehead atoms. The van der Waals surface area contributed by atoms with Crippen LogP contribution in [0.2, 0.25) is 19.6 Å². The molecule has 0 amide bonds. The number of hydrogen-bond donors (Lipinski definition) is 0. The van der Waals surface area contributed by atoms with E-state index in [4.69, 9.17) is 0 Å². The van der Waals surface area contributed by atoms with Gasteiger partial charge in [0.25, 0.3) is 0 Å². The molecule has 4 aromatic carbocycles. The van der Waals surface area contributed by atoms with Crippen molar-refractivity contribution in [1.29, 1.82) is 0 Å². The van der Waals surface area contributed by atoms with Crippen LogP contribution in [0.4, 0.5) is 0 Å². The summed E-state index contributed by atoms with van der Waals surface area (Å²) in [6, 6.07) is 33.2. The Morgan fingerprint density at radius 2 is 1.19 bits per heavy atom. The summed E-state index contributed by atoms with van der Waals surface area (Å²) in [5.74, 6) is 0.466. The van der Waals surface area contributed by atoms with Crippen LogP contribution in [0.5, 0.6) is 0 Å².